The Labute approximate surface area is 106 Å². The maximum atomic E-state index is 12.1. The molecule has 1 rings (SSSR count). The van der Waals surface area contributed by atoms with Crippen LogP contribution in [0.1, 0.15) is 32.6 Å². The Kier molecular flexibility index (Phi) is 5.27. The number of ketones is 1. The van der Waals surface area contributed by atoms with Gasteiger partial charge in [-0.3, -0.25) is 14.4 Å². The molecule has 5 N–H and O–H groups in total. The van der Waals surface area contributed by atoms with Gasteiger partial charge in [-0.15, -0.1) is 0 Å². The number of carbonyl (C=O) groups is 3. The predicted molar refractivity (Wildman–Crippen MR) is 66.3 cm³/mol. The maximum Gasteiger partial charge on any atom is 0.241 e. The molecule has 0 aromatic heterocycles. The molecule has 0 saturated heterocycles. The number of hydrogen-bond acceptors (Lipinski definition) is 4. The minimum Gasteiger partial charge on any atom is -0.368 e. The Balaban J connectivity index is 2.68. The molecule has 1 aliphatic rings. The van der Waals surface area contributed by atoms with Gasteiger partial charge in [-0.2, -0.15) is 0 Å². The van der Waals surface area contributed by atoms with Crippen molar-refractivity contribution in [3.63, 3.8) is 0 Å². The number of Topliss-reactive ketones (excluding diaryl/α,β-unsaturated/α-hetero) is 1. The number of rotatable bonds is 5. The molecule has 3 atom stereocenters. The zero-order chi connectivity index (χ0) is 13.7. The molecule has 0 spiro atoms. The lowest BCUT2D eigenvalue weighted by atomic mass is 9.76. The average Bonchev–Trinajstić information content (AvgIpc) is 2.35. The third kappa shape index (κ3) is 3.53. The van der Waals surface area contributed by atoms with E-state index in [0.29, 0.717) is 6.42 Å². The molecular weight excluding hydrogens is 234 g/mol. The van der Waals surface area contributed by atoms with Crippen LogP contribution in [-0.2, 0) is 14.4 Å². The Morgan fingerprint density at radius 2 is 1.78 bits per heavy atom. The van der Waals surface area contributed by atoms with Crippen LogP contribution in [0.5, 0.6) is 0 Å². The van der Waals surface area contributed by atoms with Crippen LogP contribution in [0.4, 0.5) is 0 Å². The minimum absolute atomic E-state index is 0.0261. The van der Waals surface area contributed by atoms with Gasteiger partial charge in [-0.05, 0) is 19.8 Å². The van der Waals surface area contributed by atoms with Crippen LogP contribution in [0.15, 0.2) is 0 Å². The first kappa shape index (κ1) is 14.6. The Morgan fingerprint density at radius 1 is 1.22 bits per heavy atom. The summed E-state index contributed by atoms with van der Waals surface area (Å²) in [6, 6.07) is -0.855. The molecule has 0 heterocycles. The van der Waals surface area contributed by atoms with Gasteiger partial charge < -0.3 is 16.8 Å². The Bertz CT molecular complexity index is 343. The summed E-state index contributed by atoms with van der Waals surface area (Å²) in [6.07, 6.45) is 3.29. The number of primary amides is 1. The van der Waals surface area contributed by atoms with Crippen molar-refractivity contribution in [1.29, 1.82) is 0 Å². The molecule has 18 heavy (non-hydrogen) atoms. The fourth-order valence-electron chi connectivity index (χ4n) is 2.46. The summed E-state index contributed by atoms with van der Waals surface area (Å²) in [5.41, 5.74) is 10.5. The van der Waals surface area contributed by atoms with Crippen molar-refractivity contribution < 1.29 is 14.4 Å². The van der Waals surface area contributed by atoms with Crippen molar-refractivity contribution in [3.05, 3.63) is 0 Å². The fraction of sp³-hybridized carbons (Fsp3) is 0.750. The lowest BCUT2D eigenvalue weighted by Gasteiger charge is -2.29. The number of carbonyl (C=O) groups excluding carboxylic acids is 3. The normalized spacial score (nSPS) is 25.2. The third-order valence-electron chi connectivity index (χ3n) is 3.52. The molecule has 0 aliphatic heterocycles. The van der Waals surface area contributed by atoms with E-state index < -0.39 is 11.9 Å². The van der Waals surface area contributed by atoms with E-state index in [1.54, 1.807) is 0 Å². The van der Waals surface area contributed by atoms with Crippen molar-refractivity contribution in [2.45, 2.75) is 38.6 Å². The molecule has 0 aromatic rings. The van der Waals surface area contributed by atoms with Gasteiger partial charge in [-0.1, -0.05) is 12.8 Å². The fourth-order valence-corrected chi connectivity index (χ4v) is 2.46. The number of nitrogens with two attached hydrogens (primary N) is 2. The lowest BCUT2D eigenvalue weighted by Crippen LogP contribution is -2.52. The number of amides is 2. The molecule has 6 heteroatoms. The van der Waals surface area contributed by atoms with Crippen molar-refractivity contribution in [2.75, 3.05) is 6.54 Å². The first-order chi connectivity index (χ1) is 8.47. The van der Waals surface area contributed by atoms with Crippen molar-refractivity contribution >= 4 is 17.6 Å². The highest BCUT2D eigenvalue weighted by atomic mass is 16.2. The van der Waals surface area contributed by atoms with E-state index in [9.17, 15) is 14.4 Å². The molecule has 2 amide bonds. The predicted octanol–water partition coefficient (Wildman–Crippen LogP) is -0.689. The lowest BCUT2D eigenvalue weighted by molar-refractivity contribution is -0.136. The monoisotopic (exact) mass is 255 g/mol. The van der Waals surface area contributed by atoms with Crippen LogP contribution in [0, 0.1) is 11.8 Å². The van der Waals surface area contributed by atoms with E-state index in [1.165, 1.54) is 6.92 Å². The molecule has 0 bridgehead atoms. The third-order valence-corrected chi connectivity index (χ3v) is 3.52. The molecule has 0 radical (unpaired) electrons. The van der Waals surface area contributed by atoms with E-state index in [0.717, 1.165) is 19.3 Å². The van der Waals surface area contributed by atoms with Gasteiger partial charge in [0.2, 0.25) is 11.8 Å². The summed E-state index contributed by atoms with van der Waals surface area (Å²) in [4.78, 5) is 34.6. The van der Waals surface area contributed by atoms with Gasteiger partial charge in [0.25, 0.3) is 0 Å². The summed E-state index contributed by atoms with van der Waals surface area (Å²) < 4.78 is 0. The Morgan fingerprint density at radius 3 is 2.22 bits per heavy atom. The van der Waals surface area contributed by atoms with Gasteiger partial charge >= 0.3 is 0 Å². The van der Waals surface area contributed by atoms with Gasteiger partial charge in [0.1, 0.15) is 11.8 Å². The zero-order valence-electron chi connectivity index (χ0n) is 10.6. The summed E-state index contributed by atoms with van der Waals surface area (Å²) in [5, 5.41) is 2.53. The minimum atomic E-state index is -0.855. The van der Waals surface area contributed by atoms with Crippen LogP contribution < -0.4 is 16.8 Å². The van der Waals surface area contributed by atoms with E-state index in [-0.39, 0.29) is 30.1 Å². The first-order valence-corrected chi connectivity index (χ1v) is 6.27. The topological polar surface area (TPSA) is 115 Å². The molecule has 6 nitrogen and oxygen atoms in total. The largest absolute Gasteiger partial charge is 0.368 e. The second-order valence-electron chi connectivity index (χ2n) is 4.81. The summed E-state index contributed by atoms with van der Waals surface area (Å²) >= 11 is 0. The van der Waals surface area contributed by atoms with Crippen LogP contribution in [0.25, 0.3) is 0 Å². The zero-order valence-corrected chi connectivity index (χ0v) is 10.6. The van der Waals surface area contributed by atoms with Crippen LogP contribution in [-0.4, -0.2) is 30.2 Å². The SMILES string of the molecule is CC(=O)[C@@H]1CCCCC1C(=O)N[C@@H](CN)C(N)=O. The smallest absolute Gasteiger partial charge is 0.241 e. The van der Waals surface area contributed by atoms with E-state index in [4.69, 9.17) is 11.5 Å². The standard InChI is InChI=1S/C12H21N3O3/c1-7(16)8-4-2-3-5-9(8)12(18)15-10(6-13)11(14)17/h8-10H,2-6,13H2,1H3,(H2,14,17)(H,15,18)/t8-,9?,10-/m0/s1. The van der Waals surface area contributed by atoms with Crippen LogP contribution in [0.2, 0.25) is 0 Å². The number of hydrogen-bond donors (Lipinski definition) is 3. The average molecular weight is 255 g/mol. The highest BCUT2D eigenvalue weighted by Crippen LogP contribution is 2.30. The highest BCUT2D eigenvalue weighted by Gasteiger charge is 2.34. The van der Waals surface area contributed by atoms with Crippen molar-refractivity contribution in [2.24, 2.45) is 23.3 Å². The summed E-state index contributed by atoms with van der Waals surface area (Å²) in [5.74, 6) is -1.52. The highest BCUT2D eigenvalue weighted by molar-refractivity contribution is 5.91. The second kappa shape index (κ2) is 6.49. The first-order valence-electron chi connectivity index (χ1n) is 6.27. The van der Waals surface area contributed by atoms with Crippen molar-refractivity contribution in [3.8, 4) is 0 Å². The molecule has 0 aromatic carbocycles. The van der Waals surface area contributed by atoms with Crippen LogP contribution >= 0.6 is 0 Å². The van der Waals surface area contributed by atoms with Crippen LogP contribution in [0.3, 0.4) is 0 Å². The molecule has 1 saturated carbocycles. The summed E-state index contributed by atoms with van der Waals surface area (Å²) in [6.45, 7) is 1.48. The van der Waals surface area contributed by atoms with Crippen molar-refractivity contribution in [1.82, 2.24) is 5.32 Å². The molecule has 102 valence electrons. The Hall–Kier alpha value is -1.43. The van der Waals surface area contributed by atoms with E-state index in [1.807, 2.05) is 0 Å². The molecule has 1 unspecified atom stereocenters. The summed E-state index contributed by atoms with van der Waals surface area (Å²) in [7, 11) is 0. The molecule has 1 aliphatic carbocycles. The quantitative estimate of drug-likeness (QED) is 0.603. The van der Waals surface area contributed by atoms with E-state index in [2.05, 4.69) is 5.32 Å². The van der Waals surface area contributed by atoms with Gasteiger partial charge in [-0.25, -0.2) is 0 Å². The van der Waals surface area contributed by atoms with Gasteiger partial charge in [0.15, 0.2) is 0 Å². The maximum absolute atomic E-state index is 12.1. The number of nitrogens with one attached hydrogen (secondary N) is 1. The molecule has 1 fully saturated rings. The van der Waals surface area contributed by atoms with Gasteiger partial charge in [0.05, 0.1) is 0 Å². The second-order valence-corrected chi connectivity index (χ2v) is 4.81. The van der Waals surface area contributed by atoms with E-state index >= 15 is 0 Å². The van der Waals surface area contributed by atoms with Gasteiger partial charge in [0, 0.05) is 18.4 Å². The molecular formula is C12H21N3O3.